The average Bonchev–Trinajstić information content (AvgIpc) is 3.58. The molecule has 0 N–H and O–H groups in total. The molecule has 1 aliphatic heterocycles. The Morgan fingerprint density at radius 2 is 0.738 bits per heavy atom. The van der Waals surface area contributed by atoms with Gasteiger partial charge in [-0.1, -0.05) is 204 Å². The summed E-state index contributed by atoms with van der Waals surface area (Å²) in [6.45, 7) is 10.1. The Hall–Kier alpha value is -4.13. The second-order valence-corrected chi connectivity index (χ2v) is 19.4. The molecule has 355 valence electrons. The van der Waals surface area contributed by atoms with Crippen LogP contribution in [0.5, 0.6) is 17.2 Å². The highest BCUT2D eigenvalue weighted by Gasteiger charge is 2.52. The van der Waals surface area contributed by atoms with Crippen molar-refractivity contribution in [1.29, 1.82) is 0 Å². The first kappa shape index (κ1) is 51.8. The van der Waals surface area contributed by atoms with Crippen LogP contribution >= 0.6 is 0 Å². The van der Waals surface area contributed by atoms with Crippen LogP contribution < -0.4 is 14.2 Å². The van der Waals surface area contributed by atoms with Gasteiger partial charge in [0, 0.05) is 0 Å². The zero-order valence-electron chi connectivity index (χ0n) is 41.0. The minimum atomic E-state index is -0.720. The standard InChI is InChI=1S/C59H84NO5/c1-5-7-9-11-13-15-17-19-21-23-25-27-47-63-54-39-31-50(32-40-54)49-29-35-52(36-30-49)58(3)45-46-59(4,60(58)62)53-37-43-56(44-38-53)65-57(61)51-33-41-55(42-34-51)64-48-28-26-24-22-20-18-16-14-12-10-8-6-2/h29-44H,5-28,45-48H2,1-4H3/t58-,59-/m0/s1. The van der Waals surface area contributed by atoms with E-state index in [9.17, 15) is 10.0 Å². The van der Waals surface area contributed by atoms with E-state index in [2.05, 4.69) is 69.3 Å². The van der Waals surface area contributed by atoms with Crippen LogP contribution in [0.1, 0.15) is 216 Å². The third kappa shape index (κ3) is 16.9. The van der Waals surface area contributed by atoms with Crippen molar-refractivity contribution in [1.82, 2.24) is 5.06 Å². The number of rotatable bonds is 33. The lowest BCUT2D eigenvalue weighted by molar-refractivity contribution is -0.260. The normalized spacial score (nSPS) is 17.4. The second kappa shape index (κ2) is 28.8. The van der Waals surface area contributed by atoms with E-state index in [1.165, 1.54) is 146 Å². The Balaban J connectivity index is 0.989. The van der Waals surface area contributed by atoms with E-state index in [4.69, 9.17) is 14.2 Å². The average molecular weight is 887 g/mol. The first-order valence-electron chi connectivity index (χ1n) is 26.1. The number of hydroxylamine groups is 2. The lowest BCUT2D eigenvalue weighted by atomic mass is 9.88. The summed E-state index contributed by atoms with van der Waals surface area (Å²) >= 11 is 0. The van der Waals surface area contributed by atoms with Crippen LogP contribution in [0.3, 0.4) is 0 Å². The molecule has 1 heterocycles. The number of carbonyl (C=O) groups excluding carboxylic acids is 1. The number of nitrogens with zero attached hydrogens (tertiary/aromatic N) is 1. The highest BCUT2D eigenvalue weighted by molar-refractivity contribution is 5.91. The molecule has 1 radical (unpaired) electrons. The van der Waals surface area contributed by atoms with Gasteiger partial charge in [-0.3, -0.25) is 0 Å². The van der Waals surface area contributed by atoms with E-state index in [1.807, 2.05) is 31.2 Å². The molecule has 0 bridgehead atoms. The van der Waals surface area contributed by atoms with Gasteiger partial charge in [-0.2, -0.15) is 0 Å². The van der Waals surface area contributed by atoms with Gasteiger partial charge < -0.3 is 14.2 Å². The van der Waals surface area contributed by atoms with Crippen LogP contribution in [-0.4, -0.2) is 24.2 Å². The molecule has 2 atom stereocenters. The Kier molecular flexibility index (Phi) is 23.0. The molecule has 1 fully saturated rings. The summed E-state index contributed by atoms with van der Waals surface area (Å²) in [7, 11) is 0. The molecular weight excluding hydrogens is 803 g/mol. The second-order valence-electron chi connectivity index (χ2n) is 19.4. The molecule has 4 aromatic rings. The number of benzene rings is 4. The van der Waals surface area contributed by atoms with Gasteiger partial charge in [0.05, 0.1) is 29.9 Å². The molecule has 65 heavy (non-hydrogen) atoms. The Labute approximate surface area is 394 Å². The largest absolute Gasteiger partial charge is 0.494 e. The Morgan fingerprint density at radius 3 is 1.12 bits per heavy atom. The van der Waals surface area contributed by atoms with Crippen LogP contribution in [0, 0.1) is 0 Å². The SMILES string of the molecule is CCCCCCCCCCCCCCOc1ccc(C(=O)Oc2ccc([C@]3(C)CC[C@@](C)(c4ccc(-c5ccc(OCCCCCCCCCCCCCC)cc5)cc4)N3[O])cc2)cc1. The first-order valence-corrected chi connectivity index (χ1v) is 26.1. The van der Waals surface area contributed by atoms with Crippen molar-refractivity contribution in [2.45, 2.75) is 206 Å². The van der Waals surface area contributed by atoms with E-state index < -0.39 is 17.0 Å². The fourth-order valence-electron chi connectivity index (χ4n) is 9.52. The maximum absolute atomic E-state index is 14.2. The highest BCUT2D eigenvalue weighted by Crippen LogP contribution is 2.51. The fourth-order valence-corrected chi connectivity index (χ4v) is 9.52. The summed E-state index contributed by atoms with van der Waals surface area (Å²) in [5.74, 6) is 1.70. The van der Waals surface area contributed by atoms with Gasteiger partial charge in [0.15, 0.2) is 0 Å². The van der Waals surface area contributed by atoms with Gasteiger partial charge in [0.25, 0.3) is 0 Å². The molecule has 6 nitrogen and oxygen atoms in total. The van der Waals surface area contributed by atoms with Gasteiger partial charge in [-0.15, -0.1) is 10.3 Å². The van der Waals surface area contributed by atoms with Crippen molar-refractivity contribution in [3.8, 4) is 28.4 Å². The third-order valence-electron chi connectivity index (χ3n) is 14.0. The number of unbranched alkanes of at least 4 members (excludes halogenated alkanes) is 22. The zero-order chi connectivity index (χ0) is 46.0. The topological polar surface area (TPSA) is 67.9 Å². The molecule has 0 saturated carbocycles. The van der Waals surface area contributed by atoms with Gasteiger partial charge in [-0.25, -0.2) is 4.79 Å². The summed E-state index contributed by atoms with van der Waals surface area (Å²) in [6.07, 6.45) is 33.3. The van der Waals surface area contributed by atoms with E-state index >= 15 is 0 Å². The van der Waals surface area contributed by atoms with Crippen LogP contribution in [0.15, 0.2) is 97.1 Å². The molecule has 5 rings (SSSR count). The van der Waals surface area contributed by atoms with Crippen molar-refractivity contribution in [2.75, 3.05) is 13.2 Å². The van der Waals surface area contributed by atoms with E-state index in [1.54, 1.807) is 24.3 Å². The zero-order valence-corrected chi connectivity index (χ0v) is 41.0. The van der Waals surface area contributed by atoms with Crippen molar-refractivity contribution < 1.29 is 24.2 Å². The number of hydrogen-bond acceptors (Lipinski definition) is 5. The smallest absolute Gasteiger partial charge is 0.343 e. The molecule has 0 unspecified atom stereocenters. The molecule has 1 aliphatic rings. The number of carbonyl (C=O) groups is 1. The maximum atomic E-state index is 14.2. The van der Waals surface area contributed by atoms with E-state index in [-0.39, 0.29) is 0 Å². The van der Waals surface area contributed by atoms with Gasteiger partial charge in [0.2, 0.25) is 0 Å². The van der Waals surface area contributed by atoms with Crippen molar-refractivity contribution in [2.24, 2.45) is 0 Å². The molecule has 6 heteroatoms. The quantitative estimate of drug-likeness (QED) is 0.0271. The lowest BCUT2D eigenvalue weighted by Gasteiger charge is -2.37. The number of ether oxygens (including phenoxy) is 3. The summed E-state index contributed by atoms with van der Waals surface area (Å²) in [5, 5.41) is 15.5. The van der Waals surface area contributed by atoms with E-state index in [0.717, 1.165) is 59.6 Å². The summed E-state index contributed by atoms with van der Waals surface area (Å²) in [6, 6.07) is 31.4. The van der Waals surface area contributed by atoms with Gasteiger partial charge >= 0.3 is 5.97 Å². The molecule has 0 spiro atoms. The molecule has 1 saturated heterocycles. The summed E-state index contributed by atoms with van der Waals surface area (Å²) in [5.41, 5.74) is 3.23. The summed E-state index contributed by atoms with van der Waals surface area (Å²) in [4.78, 5) is 13.0. The fraction of sp³-hybridized carbons (Fsp3) is 0.576. The minimum absolute atomic E-state index is 0.423. The highest BCUT2D eigenvalue weighted by atomic mass is 16.5. The van der Waals surface area contributed by atoms with Crippen LogP contribution in [0.25, 0.3) is 11.1 Å². The van der Waals surface area contributed by atoms with Crippen molar-refractivity contribution in [3.63, 3.8) is 0 Å². The van der Waals surface area contributed by atoms with Crippen LogP contribution in [0.4, 0.5) is 0 Å². The predicted octanol–water partition coefficient (Wildman–Crippen LogP) is 17.3. The Bertz CT molecular complexity index is 1870. The lowest BCUT2D eigenvalue weighted by Crippen LogP contribution is -2.44. The van der Waals surface area contributed by atoms with E-state index in [0.29, 0.717) is 24.3 Å². The first-order chi connectivity index (χ1) is 31.8. The minimum Gasteiger partial charge on any atom is -0.494 e. The number of hydrogen-bond donors (Lipinski definition) is 0. The van der Waals surface area contributed by atoms with Crippen LogP contribution in [-0.2, 0) is 16.3 Å². The van der Waals surface area contributed by atoms with Crippen molar-refractivity contribution >= 4 is 5.97 Å². The molecular formula is C59H84NO5. The molecule has 0 aliphatic carbocycles. The predicted molar refractivity (Wildman–Crippen MR) is 269 cm³/mol. The third-order valence-corrected chi connectivity index (χ3v) is 14.0. The molecule has 4 aromatic carbocycles. The van der Waals surface area contributed by atoms with Crippen molar-refractivity contribution in [3.05, 3.63) is 114 Å². The number of esters is 1. The Morgan fingerprint density at radius 1 is 0.431 bits per heavy atom. The van der Waals surface area contributed by atoms with Gasteiger partial charge in [-0.05, 0) is 110 Å². The molecule has 0 amide bonds. The maximum Gasteiger partial charge on any atom is 0.343 e. The monoisotopic (exact) mass is 887 g/mol. The molecule has 0 aromatic heterocycles. The summed E-state index contributed by atoms with van der Waals surface area (Å²) < 4.78 is 17.8. The van der Waals surface area contributed by atoms with Crippen LogP contribution in [0.2, 0.25) is 0 Å². The van der Waals surface area contributed by atoms with Gasteiger partial charge in [0.1, 0.15) is 17.2 Å².